The van der Waals surface area contributed by atoms with Crippen LogP contribution in [0, 0.1) is 11.3 Å². The number of benzene rings is 1. The molecule has 0 radical (unpaired) electrons. The zero-order chi connectivity index (χ0) is 13.1. The van der Waals surface area contributed by atoms with Crippen LogP contribution in [0.2, 0.25) is 0 Å². The van der Waals surface area contributed by atoms with Crippen molar-refractivity contribution in [1.82, 2.24) is 4.90 Å². The molecule has 0 spiro atoms. The number of halogens is 1. The molecule has 1 N–H and O–H groups in total. The lowest BCUT2D eigenvalue weighted by molar-refractivity contribution is -0.132. The molecule has 1 aromatic carbocycles. The van der Waals surface area contributed by atoms with Crippen molar-refractivity contribution < 1.29 is 4.79 Å². The molecule has 1 aromatic rings. The van der Waals surface area contributed by atoms with E-state index < -0.39 is 0 Å². The molecule has 0 unspecified atom stereocenters. The summed E-state index contributed by atoms with van der Waals surface area (Å²) in [5, 5.41) is 12.4. The van der Waals surface area contributed by atoms with Gasteiger partial charge in [0.05, 0.1) is 11.3 Å². The molecule has 0 aromatic heterocycles. The van der Waals surface area contributed by atoms with Gasteiger partial charge in [0.25, 0.3) is 0 Å². The monoisotopic (exact) mass is 307 g/mol. The van der Waals surface area contributed by atoms with Gasteiger partial charge in [-0.15, -0.1) is 0 Å². The smallest absolute Gasteiger partial charge is 0.222 e. The summed E-state index contributed by atoms with van der Waals surface area (Å²) in [4.78, 5) is 13.1. The lowest BCUT2D eigenvalue weighted by atomic mass is 10.0. The summed E-state index contributed by atoms with van der Waals surface area (Å²) in [6, 6.07) is 7.97. The number of nitriles is 1. The molecule has 94 valence electrons. The number of hydrogen-bond donors (Lipinski definition) is 1. The first-order valence-electron chi connectivity index (χ1n) is 5.80. The zero-order valence-electron chi connectivity index (χ0n) is 10.1. The highest BCUT2D eigenvalue weighted by atomic mass is 79.9. The van der Waals surface area contributed by atoms with Crippen molar-refractivity contribution in [3.63, 3.8) is 0 Å². The third-order valence-electron chi connectivity index (χ3n) is 3.09. The Bertz CT molecular complexity index is 509. The molecule has 0 aliphatic carbocycles. The van der Waals surface area contributed by atoms with E-state index >= 15 is 0 Å². The van der Waals surface area contributed by atoms with Gasteiger partial charge < -0.3 is 10.2 Å². The second kappa shape index (κ2) is 5.40. The number of nitrogens with one attached hydrogen (secondary N) is 1. The van der Waals surface area contributed by atoms with E-state index in [1.54, 1.807) is 11.0 Å². The van der Waals surface area contributed by atoms with Crippen LogP contribution in [-0.4, -0.2) is 30.4 Å². The van der Waals surface area contributed by atoms with Gasteiger partial charge in [-0.1, -0.05) is 15.9 Å². The fraction of sp³-hybridized carbons (Fsp3) is 0.385. The van der Waals surface area contributed by atoms with E-state index in [1.807, 2.05) is 19.2 Å². The number of carbonyl (C=O) groups excluding carboxylic acids is 1. The Morgan fingerprint density at radius 3 is 3.00 bits per heavy atom. The summed E-state index contributed by atoms with van der Waals surface area (Å²) in [6.07, 6.45) is 1.37. The lowest BCUT2D eigenvalue weighted by Crippen LogP contribution is -2.43. The van der Waals surface area contributed by atoms with Crippen LogP contribution in [0.15, 0.2) is 22.7 Å². The first kappa shape index (κ1) is 12.9. The van der Waals surface area contributed by atoms with Crippen molar-refractivity contribution in [1.29, 1.82) is 5.26 Å². The second-order valence-electron chi connectivity index (χ2n) is 4.46. The van der Waals surface area contributed by atoms with Crippen molar-refractivity contribution in [3.05, 3.63) is 28.2 Å². The van der Waals surface area contributed by atoms with E-state index in [1.165, 1.54) is 0 Å². The van der Waals surface area contributed by atoms with Gasteiger partial charge in [0, 0.05) is 30.5 Å². The molecule has 0 bridgehead atoms. The average molecular weight is 308 g/mol. The van der Waals surface area contributed by atoms with E-state index in [-0.39, 0.29) is 11.9 Å². The Morgan fingerprint density at radius 1 is 1.56 bits per heavy atom. The molecule has 1 aliphatic heterocycles. The van der Waals surface area contributed by atoms with E-state index in [0.717, 1.165) is 16.6 Å². The minimum Gasteiger partial charge on any atom is -0.379 e. The van der Waals surface area contributed by atoms with Gasteiger partial charge in [-0.25, -0.2) is 0 Å². The fourth-order valence-electron chi connectivity index (χ4n) is 2.08. The number of hydrogen-bond acceptors (Lipinski definition) is 3. The SMILES string of the molecule is CN1C[C@H](Nc2ccc(Br)cc2C#N)CCC1=O. The second-order valence-corrected chi connectivity index (χ2v) is 5.37. The van der Waals surface area contributed by atoms with Crippen molar-refractivity contribution in [2.75, 3.05) is 18.9 Å². The molecule has 4 nitrogen and oxygen atoms in total. The molecule has 1 heterocycles. The Kier molecular flexibility index (Phi) is 3.87. The fourth-order valence-corrected chi connectivity index (χ4v) is 2.45. The summed E-state index contributed by atoms with van der Waals surface area (Å²) in [6.45, 7) is 0.680. The van der Waals surface area contributed by atoms with Crippen LogP contribution in [0.25, 0.3) is 0 Å². The number of anilines is 1. The molecule has 1 amide bonds. The standard InChI is InChI=1S/C13H14BrN3O/c1-17-8-11(3-5-13(17)18)16-12-4-2-10(14)6-9(12)7-15/h2,4,6,11,16H,3,5,8H2,1H3/t11-/m1/s1. The number of piperidine rings is 1. The number of nitrogens with zero attached hydrogens (tertiary/aromatic N) is 2. The first-order chi connectivity index (χ1) is 8.60. The highest BCUT2D eigenvalue weighted by Crippen LogP contribution is 2.23. The molecule has 1 saturated heterocycles. The van der Waals surface area contributed by atoms with Crippen LogP contribution in [0.3, 0.4) is 0 Å². The molecule has 1 aliphatic rings. The molecular formula is C13H14BrN3O. The average Bonchev–Trinajstić information content (AvgIpc) is 2.36. The molecule has 5 heteroatoms. The van der Waals surface area contributed by atoms with Crippen LogP contribution in [0.5, 0.6) is 0 Å². The molecule has 0 saturated carbocycles. The lowest BCUT2D eigenvalue weighted by Gasteiger charge is -2.31. The maximum Gasteiger partial charge on any atom is 0.222 e. The van der Waals surface area contributed by atoms with Crippen LogP contribution < -0.4 is 5.32 Å². The minimum absolute atomic E-state index is 0.185. The van der Waals surface area contributed by atoms with Crippen LogP contribution in [-0.2, 0) is 4.79 Å². The number of amides is 1. The highest BCUT2D eigenvalue weighted by molar-refractivity contribution is 9.10. The van der Waals surface area contributed by atoms with E-state index in [2.05, 4.69) is 27.3 Å². The highest BCUT2D eigenvalue weighted by Gasteiger charge is 2.23. The Morgan fingerprint density at radius 2 is 2.33 bits per heavy atom. The Hall–Kier alpha value is -1.54. The van der Waals surface area contributed by atoms with E-state index in [9.17, 15) is 4.79 Å². The van der Waals surface area contributed by atoms with Crippen LogP contribution in [0.1, 0.15) is 18.4 Å². The van der Waals surface area contributed by atoms with E-state index in [0.29, 0.717) is 18.5 Å². The summed E-state index contributed by atoms with van der Waals surface area (Å²) in [5.41, 5.74) is 1.44. The van der Waals surface area contributed by atoms with Gasteiger partial charge in [0.15, 0.2) is 0 Å². The first-order valence-corrected chi connectivity index (χ1v) is 6.59. The van der Waals surface area contributed by atoms with Gasteiger partial charge in [-0.3, -0.25) is 4.79 Å². The number of likely N-dealkylation sites (N-methyl/N-ethyl adjacent to an activating group) is 1. The number of carbonyl (C=O) groups is 1. The summed E-state index contributed by atoms with van der Waals surface area (Å²) in [5.74, 6) is 0.185. The third kappa shape index (κ3) is 2.82. The van der Waals surface area contributed by atoms with Gasteiger partial charge in [0.1, 0.15) is 6.07 Å². The van der Waals surface area contributed by atoms with Crippen molar-refractivity contribution in [2.45, 2.75) is 18.9 Å². The largest absolute Gasteiger partial charge is 0.379 e. The van der Waals surface area contributed by atoms with E-state index in [4.69, 9.17) is 5.26 Å². The predicted molar refractivity (Wildman–Crippen MR) is 73.1 cm³/mol. The van der Waals surface area contributed by atoms with Gasteiger partial charge in [-0.05, 0) is 24.6 Å². The normalized spacial score (nSPS) is 19.5. The third-order valence-corrected chi connectivity index (χ3v) is 3.58. The van der Waals surface area contributed by atoms with Crippen molar-refractivity contribution in [2.24, 2.45) is 0 Å². The topological polar surface area (TPSA) is 56.1 Å². The quantitative estimate of drug-likeness (QED) is 0.912. The summed E-state index contributed by atoms with van der Waals surface area (Å²) >= 11 is 3.35. The van der Waals surface area contributed by atoms with Crippen LogP contribution in [0.4, 0.5) is 5.69 Å². The number of rotatable bonds is 2. The van der Waals surface area contributed by atoms with Crippen molar-refractivity contribution in [3.8, 4) is 6.07 Å². The molecule has 1 fully saturated rings. The molecule has 1 atom stereocenters. The minimum atomic E-state index is 0.185. The molecule has 2 rings (SSSR count). The maximum absolute atomic E-state index is 11.4. The molecular weight excluding hydrogens is 294 g/mol. The van der Waals surface area contributed by atoms with Gasteiger partial charge in [-0.2, -0.15) is 5.26 Å². The van der Waals surface area contributed by atoms with Crippen molar-refractivity contribution >= 4 is 27.5 Å². The maximum atomic E-state index is 11.4. The number of likely N-dealkylation sites (tertiary alicyclic amines) is 1. The summed E-state index contributed by atoms with van der Waals surface area (Å²) in [7, 11) is 1.81. The Labute approximate surface area is 115 Å². The zero-order valence-corrected chi connectivity index (χ0v) is 11.7. The van der Waals surface area contributed by atoms with Crippen LogP contribution >= 0.6 is 15.9 Å². The molecule has 18 heavy (non-hydrogen) atoms. The predicted octanol–water partition coefficient (Wildman–Crippen LogP) is 2.35. The van der Waals surface area contributed by atoms with Gasteiger partial charge in [0.2, 0.25) is 5.91 Å². The van der Waals surface area contributed by atoms with Gasteiger partial charge >= 0.3 is 0 Å². The summed E-state index contributed by atoms with van der Waals surface area (Å²) < 4.78 is 0.889. The Balaban J connectivity index is 2.10.